The van der Waals surface area contributed by atoms with E-state index in [1.54, 1.807) is 0 Å². The topological polar surface area (TPSA) is 32.3 Å². The van der Waals surface area contributed by atoms with Crippen LogP contribution in [0.15, 0.2) is 0 Å². The summed E-state index contributed by atoms with van der Waals surface area (Å²) >= 11 is 0. The Morgan fingerprint density at radius 2 is 2.20 bits per heavy atom. The monoisotopic (exact) mass is 212 g/mol. The van der Waals surface area contributed by atoms with Gasteiger partial charge in [0.05, 0.1) is 6.04 Å². The SMILES string of the molecule is CCCCN1CCCC(NCCC)C1=O. The Morgan fingerprint density at radius 3 is 2.87 bits per heavy atom. The lowest BCUT2D eigenvalue weighted by Crippen LogP contribution is -2.51. The van der Waals surface area contributed by atoms with Gasteiger partial charge < -0.3 is 10.2 Å². The van der Waals surface area contributed by atoms with Crippen molar-refractivity contribution in [3.63, 3.8) is 0 Å². The maximum atomic E-state index is 12.0. The number of nitrogens with one attached hydrogen (secondary N) is 1. The Bertz CT molecular complexity index is 176. The minimum absolute atomic E-state index is 0.0931. The van der Waals surface area contributed by atoms with Crippen LogP contribution in [0.25, 0.3) is 0 Å². The second-order valence-corrected chi connectivity index (χ2v) is 4.33. The molecular weight excluding hydrogens is 188 g/mol. The Morgan fingerprint density at radius 1 is 1.40 bits per heavy atom. The summed E-state index contributed by atoms with van der Waals surface area (Å²) in [5.41, 5.74) is 0. The summed E-state index contributed by atoms with van der Waals surface area (Å²) < 4.78 is 0. The molecule has 1 unspecified atom stereocenters. The molecule has 15 heavy (non-hydrogen) atoms. The van der Waals surface area contributed by atoms with Crippen molar-refractivity contribution in [1.82, 2.24) is 10.2 Å². The van der Waals surface area contributed by atoms with Gasteiger partial charge in [-0.1, -0.05) is 20.3 Å². The number of unbranched alkanes of at least 4 members (excludes halogenated alkanes) is 1. The van der Waals surface area contributed by atoms with Gasteiger partial charge in [-0.15, -0.1) is 0 Å². The van der Waals surface area contributed by atoms with E-state index in [-0.39, 0.29) is 6.04 Å². The van der Waals surface area contributed by atoms with E-state index in [0.29, 0.717) is 5.91 Å². The number of amides is 1. The van der Waals surface area contributed by atoms with E-state index in [1.807, 2.05) is 4.90 Å². The summed E-state index contributed by atoms with van der Waals surface area (Å²) in [5.74, 6) is 0.322. The predicted molar refractivity (Wildman–Crippen MR) is 62.8 cm³/mol. The number of rotatable bonds is 6. The van der Waals surface area contributed by atoms with Crippen molar-refractivity contribution in [3.05, 3.63) is 0 Å². The number of carbonyl (C=O) groups is 1. The molecule has 1 N–H and O–H groups in total. The molecule has 0 aliphatic carbocycles. The van der Waals surface area contributed by atoms with Crippen molar-refractivity contribution in [3.8, 4) is 0 Å². The first-order valence-corrected chi connectivity index (χ1v) is 6.31. The third-order valence-electron chi connectivity index (χ3n) is 2.95. The second-order valence-electron chi connectivity index (χ2n) is 4.33. The number of piperidine rings is 1. The second kappa shape index (κ2) is 6.83. The normalized spacial score (nSPS) is 22.1. The van der Waals surface area contributed by atoms with Gasteiger partial charge in [0.25, 0.3) is 0 Å². The van der Waals surface area contributed by atoms with Crippen molar-refractivity contribution in [2.75, 3.05) is 19.6 Å². The molecule has 1 heterocycles. The third-order valence-corrected chi connectivity index (χ3v) is 2.95. The molecule has 1 aliphatic rings. The highest BCUT2D eigenvalue weighted by atomic mass is 16.2. The summed E-state index contributed by atoms with van der Waals surface area (Å²) in [4.78, 5) is 14.0. The van der Waals surface area contributed by atoms with Gasteiger partial charge in [-0.3, -0.25) is 4.79 Å². The minimum atomic E-state index is 0.0931. The average Bonchev–Trinajstić information content (AvgIpc) is 2.26. The van der Waals surface area contributed by atoms with Gasteiger partial charge in [-0.05, 0) is 32.2 Å². The fraction of sp³-hybridized carbons (Fsp3) is 0.917. The lowest BCUT2D eigenvalue weighted by Gasteiger charge is -2.32. The van der Waals surface area contributed by atoms with Crippen LogP contribution >= 0.6 is 0 Å². The highest BCUT2D eigenvalue weighted by Crippen LogP contribution is 2.12. The van der Waals surface area contributed by atoms with Crippen LogP contribution in [0.1, 0.15) is 46.0 Å². The summed E-state index contributed by atoms with van der Waals surface area (Å²) in [5, 5.41) is 3.34. The van der Waals surface area contributed by atoms with Gasteiger partial charge in [0, 0.05) is 13.1 Å². The van der Waals surface area contributed by atoms with Crippen molar-refractivity contribution >= 4 is 5.91 Å². The van der Waals surface area contributed by atoms with Gasteiger partial charge >= 0.3 is 0 Å². The van der Waals surface area contributed by atoms with Crippen LogP contribution in [0.2, 0.25) is 0 Å². The minimum Gasteiger partial charge on any atom is -0.341 e. The van der Waals surface area contributed by atoms with Gasteiger partial charge in [-0.25, -0.2) is 0 Å². The molecule has 0 radical (unpaired) electrons. The molecule has 0 spiro atoms. The lowest BCUT2D eigenvalue weighted by atomic mass is 10.0. The molecule has 1 saturated heterocycles. The number of likely N-dealkylation sites (tertiary alicyclic amines) is 1. The molecule has 0 aromatic rings. The van der Waals surface area contributed by atoms with E-state index in [4.69, 9.17) is 0 Å². The Kier molecular flexibility index (Phi) is 5.69. The number of carbonyl (C=O) groups excluding carboxylic acids is 1. The Labute approximate surface area is 93.2 Å². The first-order valence-electron chi connectivity index (χ1n) is 6.31. The molecule has 0 aromatic heterocycles. The molecule has 0 saturated carbocycles. The lowest BCUT2D eigenvalue weighted by molar-refractivity contribution is -0.136. The van der Waals surface area contributed by atoms with Gasteiger partial charge in [0.1, 0.15) is 0 Å². The number of nitrogens with zero attached hydrogens (tertiary/aromatic N) is 1. The highest BCUT2D eigenvalue weighted by molar-refractivity contribution is 5.82. The molecule has 1 rings (SSSR count). The van der Waals surface area contributed by atoms with Crippen LogP contribution in [0.4, 0.5) is 0 Å². The molecule has 1 fully saturated rings. The summed E-state index contributed by atoms with van der Waals surface area (Å²) in [6, 6.07) is 0.0931. The summed E-state index contributed by atoms with van der Waals surface area (Å²) in [6.07, 6.45) is 5.56. The molecule has 3 heteroatoms. The van der Waals surface area contributed by atoms with E-state index < -0.39 is 0 Å². The molecule has 3 nitrogen and oxygen atoms in total. The zero-order valence-electron chi connectivity index (χ0n) is 10.1. The van der Waals surface area contributed by atoms with Crippen molar-refractivity contribution in [1.29, 1.82) is 0 Å². The van der Waals surface area contributed by atoms with E-state index in [1.165, 1.54) is 0 Å². The quantitative estimate of drug-likeness (QED) is 0.728. The van der Waals surface area contributed by atoms with Crippen LogP contribution in [0.5, 0.6) is 0 Å². The standard InChI is InChI=1S/C12H24N2O/c1-3-5-9-14-10-6-7-11(12(14)15)13-8-4-2/h11,13H,3-10H2,1-2H3. The maximum absolute atomic E-state index is 12.0. The smallest absolute Gasteiger partial charge is 0.239 e. The summed E-state index contributed by atoms with van der Waals surface area (Å²) in [7, 11) is 0. The zero-order chi connectivity index (χ0) is 11.1. The van der Waals surface area contributed by atoms with Crippen LogP contribution in [0, 0.1) is 0 Å². The molecule has 88 valence electrons. The van der Waals surface area contributed by atoms with Crippen molar-refractivity contribution < 1.29 is 4.79 Å². The molecule has 0 bridgehead atoms. The maximum Gasteiger partial charge on any atom is 0.239 e. The average molecular weight is 212 g/mol. The molecular formula is C12H24N2O. The van der Waals surface area contributed by atoms with E-state index in [0.717, 1.165) is 51.7 Å². The van der Waals surface area contributed by atoms with Gasteiger partial charge in [-0.2, -0.15) is 0 Å². The first-order chi connectivity index (χ1) is 7.29. The first kappa shape index (κ1) is 12.5. The van der Waals surface area contributed by atoms with E-state index in [2.05, 4.69) is 19.2 Å². The van der Waals surface area contributed by atoms with Gasteiger partial charge in [0.15, 0.2) is 0 Å². The highest BCUT2D eigenvalue weighted by Gasteiger charge is 2.27. The van der Waals surface area contributed by atoms with Crippen molar-refractivity contribution in [2.45, 2.75) is 52.0 Å². The van der Waals surface area contributed by atoms with Crippen LogP contribution < -0.4 is 5.32 Å². The Hall–Kier alpha value is -0.570. The van der Waals surface area contributed by atoms with Crippen LogP contribution in [-0.4, -0.2) is 36.5 Å². The molecule has 1 atom stereocenters. The van der Waals surface area contributed by atoms with E-state index in [9.17, 15) is 4.79 Å². The number of hydrogen-bond donors (Lipinski definition) is 1. The fourth-order valence-corrected chi connectivity index (χ4v) is 2.02. The van der Waals surface area contributed by atoms with Crippen molar-refractivity contribution in [2.24, 2.45) is 0 Å². The molecule has 1 amide bonds. The molecule has 0 aromatic carbocycles. The Balaban J connectivity index is 2.36. The van der Waals surface area contributed by atoms with E-state index >= 15 is 0 Å². The molecule has 1 aliphatic heterocycles. The largest absolute Gasteiger partial charge is 0.341 e. The van der Waals surface area contributed by atoms with Crippen LogP contribution in [-0.2, 0) is 4.79 Å². The zero-order valence-corrected chi connectivity index (χ0v) is 10.1. The third kappa shape index (κ3) is 3.82. The predicted octanol–water partition coefficient (Wildman–Crippen LogP) is 1.78. The van der Waals surface area contributed by atoms with Crippen LogP contribution in [0.3, 0.4) is 0 Å². The fourth-order valence-electron chi connectivity index (χ4n) is 2.02. The van der Waals surface area contributed by atoms with Gasteiger partial charge in [0.2, 0.25) is 5.91 Å². The summed E-state index contributed by atoms with van der Waals surface area (Å²) in [6.45, 7) is 7.16. The number of hydrogen-bond acceptors (Lipinski definition) is 2.